The van der Waals surface area contributed by atoms with Crippen molar-refractivity contribution in [1.29, 1.82) is 0 Å². The minimum Gasteiger partial charge on any atom is -0.482 e. The summed E-state index contributed by atoms with van der Waals surface area (Å²) in [6.07, 6.45) is 1.48. The summed E-state index contributed by atoms with van der Waals surface area (Å²) in [5.41, 5.74) is 2.93. The number of aromatic nitrogens is 4. The molecule has 0 bridgehead atoms. The Morgan fingerprint density at radius 2 is 1.75 bits per heavy atom. The van der Waals surface area contributed by atoms with Crippen LogP contribution in [0.2, 0.25) is 0 Å². The first kappa shape index (κ1) is 15.7. The van der Waals surface area contributed by atoms with E-state index in [0.29, 0.717) is 11.5 Å². The van der Waals surface area contributed by atoms with E-state index in [1.807, 2.05) is 32.0 Å². The molecule has 7 nitrogen and oxygen atoms in total. The van der Waals surface area contributed by atoms with E-state index in [9.17, 15) is 4.79 Å². The van der Waals surface area contributed by atoms with Crippen LogP contribution in [0.25, 0.3) is 5.69 Å². The topological polar surface area (TPSA) is 79.1 Å². The van der Waals surface area contributed by atoms with Gasteiger partial charge in [-0.1, -0.05) is 6.07 Å². The molecule has 2 aromatic carbocycles. The van der Waals surface area contributed by atoms with E-state index in [1.54, 1.807) is 24.3 Å². The quantitative estimate of drug-likeness (QED) is 0.529. The number of hydrogen-bond donors (Lipinski definition) is 0. The molecule has 0 fully saturated rings. The molecule has 0 N–H and O–H groups in total. The molecule has 0 aliphatic heterocycles. The van der Waals surface area contributed by atoms with Crippen LogP contribution in [0, 0.1) is 13.8 Å². The second-order valence-corrected chi connectivity index (χ2v) is 5.33. The molecule has 0 aliphatic carbocycles. The summed E-state index contributed by atoms with van der Waals surface area (Å²) in [5, 5.41) is 10.9. The first-order chi connectivity index (χ1) is 11.6. The van der Waals surface area contributed by atoms with Crippen LogP contribution in [-0.2, 0) is 4.79 Å². The minimum absolute atomic E-state index is 0.155. The van der Waals surface area contributed by atoms with Gasteiger partial charge >= 0.3 is 5.97 Å². The van der Waals surface area contributed by atoms with Crippen LogP contribution in [-0.4, -0.2) is 32.8 Å². The maximum absolute atomic E-state index is 11.9. The van der Waals surface area contributed by atoms with Gasteiger partial charge in [0.1, 0.15) is 17.8 Å². The van der Waals surface area contributed by atoms with Crippen LogP contribution in [0.5, 0.6) is 11.5 Å². The van der Waals surface area contributed by atoms with Crippen LogP contribution in [0.3, 0.4) is 0 Å². The van der Waals surface area contributed by atoms with Crippen LogP contribution in [0.1, 0.15) is 11.1 Å². The number of ether oxygens (including phenoxy) is 2. The maximum atomic E-state index is 11.9. The Balaban J connectivity index is 1.56. The van der Waals surface area contributed by atoms with Crippen molar-refractivity contribution >= 4 is 5.97 Å². The molecule has 7 heteroatoms. The van der Waals surface area contributed by atoms with Gasteiger partial charge in [0, 0.05) is 0 Å². The molecule has 0 aliphatic rings. The van der Waals surface area contributed by atoms with Gasteiger partial charge in [-0.3, -0.25) is 0 Å². The number of nitrogens with zero attached hydrogens (tertiary/aromatic N) is 4. The lowest BCUT2D eigenvalue weighted by atomic mass is 10.1. The van der Waals surface area contributed by atoms with Gasteiger partial charge in [0.2, 0.25) is 0 Å². The monoisotopic (exact) mass is 324 g/mol. The Kier molecular flexibility index (Phi) is 4.51. The van der Waals surface area contributed by atoms with Gasteiger partial charge in [-0.15, -0.1) is 5.10 Å². The fourth-order valence-corrected chi connectivity index (χ4v) is 2.27. The summed E-state index contributed by atoms with van der Waals surface area (Å²) in [6.45, 7) is 3.80. The average Bonchev–Trinajstić information content (AvgIpc) is 3.07. The largest absolute Gasteiger partial charge is 0.482 e. The van der Waals surface area contributed by atoms with E-state index in [0.717, 1.165) is 16.8 Å². The number of rotatable bonds is 5. The summed E-state index contributed by atoms with van der Waals surface area (Å²) in [6, 6.07) is 12.6. The number of aryl methyl sites for hydroxylation is 2. The molecule has 0 radical (unpaired) electrons. The number of carbonyl (C=O) groups is 1. The molecule has 0 atom stereocenters. The first-order valence-electron chi connectivity index (χ1n) is 7.35. The summed E-state index contributed by atoms with van der Waals surface area (Å²) in [7, 11) is 0. The minimum atomic E-state index is -0.468. The highest BCUT2D eigenvalue weighted by atomic mass is 16.6. The number of esters is 1. The Labute approximate surface area is 138 Å². The predicted molar refractivity (Wildman–Crippen MR) is 86.2 cm³/mol. The van der Waals surface area contributed by atoms with Crippen molar-refractivity contribution in [2.45, 2.75) is 13.8 Å². The van der Waals surface area contributed by atoms with Crippen LogP contribution < -0.4 is 9.47 Å². The zero-order chi connectivity index (χ0) is 16.9. The van der Waals surface area contributed by atoms with Gasteiger partial charge < -0.3 is 9.47 Å². The Morgan fingerprint density at radius 1 is 1.04 bits per heavy atom. The van der Waals surface area contributed by atoms with Gasteiger partial charge in [0.25, 0.3) is 0 Å². The molecule has 0 amide bonds. The number of benzene rings is 2. The number of hydrogen-bond acceptors (Lipinski definition) is 6. The molecule has 1 heterocycles. The third-order valence-corrected chi connectivity index (χ3v) is 3.23. The van der Waals surface area contributed by atoms with Gasteiger partial charge in [-0.25, -0.2) is 9.48 Å². The summed E-state index contributed by atoms with van der Waals surface area (Å²) in [4.78, 5) is 11.9. The standard InChI is InChI=1S/C17H16N4O3/c1-12-7-13(2)9-16(8-12)23-10-17(22)24-15-5-3-14(4-6-15)21-11-18-19-20-21/h3-9,11H,10H2,1-2H3. The maximum Gasteiger partial charge on any atom is 0.349 e. The van der Waals surface area contributed by atoms with Crippen molar-refractivity contribution in [2.24, 2.45) is 0 Å². The van der Waals surface area contributed by atoms with E-state index in [1.165, 1.54) is 11.0 Å². The Morgan fingerprint density at radius 3 is 2.38 bits per heavy atom. The molecule has 24 heavy (non-hydrogen) atoms. The van der Waals surface area contributed by atoms with E-state index >= 15 is 0 Å². The lowest BCUT2D eigenvalue weighted by Gasteiger charge is -2.08. The molecule has 1 aromatic heterocycles. The fourth-order valence-electron chi connectivity index (χ4n) is 2.27. The highest BCUT2D eigenvalue weighted by molar-refractivity contribution is 5.74. The van der Waals surface area contributed by atoms with E-state index in [-0.39, 0.29) is 6.61 Å². The van der Waals surface area contributed by atoms with E-state index in [4.69, 9.17) is 9.47 Å². The van der Waals surface area contributed by atoms with Crippen LogP contribution in [0.15, 0.2) is 48.8 Å². The summed E-state index contributed by atoms with van der Waals surface area (Å²) >= 11 is 0. The fraction of sp³-hybridized carbons (Fsp3) is 0.176. The van der Waals surface area contributed by atoms with Crippen molar-refractivity contribution in [3.05, 3.63) is 59.9 Å². The molecule has 0 saturated heterocycles. The Bertz CT molecular complexity index is 809. The van der Waals surface area contributed by atoms with Gasteiger partial charge in [0.15, 0.2) is 6.61 Å². The molecule has 122 valence electrons. The van der Waals surface area contributed by atoms with Gasteiger partial charge in [-0.2, -0.15) is 0 Å². The zero-order valence-electron chi connectivity index (χ0n) is 13.3. The molecule has 0 unspecified atom stereocenters. The molecular weight excluding hydrogens is 308 g/mol. The van der Waals surface area contributed by atoms with E-state index in [2.05, 4.69) is 15.5 Å². The third kappa shape index (κ3) is 3.95. The smallest absolute Gasteiger partial charge is 0.349 e. The van der Waals surface area contributed by atoms with Gasteiger partial charge in [0.05, 0.1) is 5.69 Å². The second kappa shape index (κ2) is 6.91. The number of carbonyl (C=O) groups excluding carboxylic acids is 1. The molecule has 0 saturated carbocycles. The Hall–Kier alpha value is -3.22. The van der Waals surface area contributed by atoms with Crippen LogP contribution >= 0.6 is 0 Å². The summed E-state index contributed by atoms with van der Waals surface area (Å²) in [5.74, 6) is 0.614. The van der Waals surface area contributed by atoms with Gasteiger partial charge in [-0.05, 0) is 71.8 Å². The van der Waals surface area contributed by atoms with E-state index < -0.39 is 5.97 Å². The first-order valence-corrected chi connectivity index (χ1v) is 7.35. The van der Waals surface area contributed by atoms with Crippen molar-refractivity contribution in [1.82, 2.24) is 20.2 Å². The SMILES string of the molecule is Cc1cc(C)cc(OCC(=O)Oc2ccc(-n3cnnn3)cc2)c1. The lowest BCUT2D eigenvalue weighted by Crippen LogP contribution is -2.17. The second-order valence-electron chi connectivity index (χ2n) is 5.33. The third-order valence-electron chi connectivity index (χ3n) is 3.23. The highest BCUT2D eigenvalue weighted by Crippen LogP contribution is 2.17. The average molecular weight is 324 g/mol. The summed E-state index contributed by atoms with van der Waals surface area (Å²) < 4.78 is 12.2. The van der Waals surface area contributed by atoms with Crippen LogP contribution in [0.4, 0.5) is 0 Å². The lowest BCUT2D eigenvalue weighted by molar-refractivity contribution is -0.136. The number of tetrazole rings is 1. The molecular formula is C17H16N4O3. The molecule has 0 spiro atoms. The van der Waals surface area contributed by atoms with Crippen molar-refractivity contribution in [3.63, 3.8) is 0 Å². The van der Waals surface area contributed by atoms with Crippen molar-refractivity contribution in [3.8, 4) is 17.2 Å². The normalized spacial score (nSPS) is 10.4. The predicted octanol–water partition coefficient (Wildman–Crippen LogP) is 2.26. The van der Waals surface area contributed by atoms with Crippen molar-refractivity contribution in [2.75, 3.05) is 6.61 Å². The molecule has 3 rings (SSSR count). The highest BCUT2D eigenvalue weighted by Gasteiger charge is 2.07. The molecule has 3 aromatic rings. The zero-order valence-corrected chi connectivity index (χ0v) is 13.3. The van der Waals surface area contributed by atoms with Crippen molar-refractivity contribution < 1.29 is 14.3 Å².